The number of amides is 2. The molecule has 2 rings (SSSR count). The zero-order valence-corrected chi connectivity index (χ0v) is 19.2. The molecule has 1 atom stereocenters. The maximum absolute atomic E-state index is 12.5. The van der Waals surface area contributed by atoms with Crippen molar-refractivity contribution in [3.63, 3.8) is 0 Å². The summed E-state index contributed by atoms with van der Waals surface area (Å²) in [7, 11) is 1.58. The number of carbonyl (C=O) groups is 2. The van der Waals surface area contributed by atoms with E-state index in [0.717, 1.165) is 18.4 Å². The number of benzene rings is 1. The van der Waals surface area contributed by atoms with Gasteiger partial charge in [0.15, 0.2) is 11.5 Å². The Hall–Kier alpha value is -2.70. The zero-order valence-electron chi connectivity index (χ0n) is 19.2. The monoisotopic (exact) mass is 432 g/mol. The fourth-order valence-corrected chi connectivity index (χ4v) is 3.65. The van der Waals surface area contributed by atoms with Gasteiger partial charge in [0.1, 0.15) is 0 Å². The number of hydrogen-bond donors (Lipinski definition) is 2. The Balaban J connectivity index is 2.05. The summed E-state index contributed by atoms with van der Waals surface area (Å²) in [6, 6.07) is 4.46. The zero-order chi connectivity index (χ0) is 22.6. The first-order valence-electron chi connectivity index (χ1n) is 11.3. The molecule has 0 aromatic heterocycles. The minimum absolute atomic E-state index is 0.255. The van der Waals surface area contributed by atoms with Crippen molar-refractivity contribution in [2.75, 3.05) is 20.3 Å². The number of rotatable bonds is 13. The van der Waals surface area contributed by atoms with Crippen LogP contribution in [0.15, 0.2) is 29.5 Å². The van der Waals surface area contributed by atoms with Crippen LogP contribution in [0.5, 0.6) is 11.5 Å². The van der Waals surface area contributed by atoms with Crippen LogP contribution in [-0.4, -0.2) is 32.3 Å². The van der Waals surface area contributed by atoms with Crippen molar-refractivity contribution in [1.82, 2.24) is 10.6 Å². The molecule has 7 nitrogen and oxygen atoms in total. The van der Waals surface area contributed by atoms with Gasteiger partial charge in [0.2, 0.25) is 0 Å². The van der Waals surface area contributed by atoms with E-state index in [4.69, 9.17) is 14.2 Å². The largest absolute Gasteiger partial charge is 0.493 e. The third kappa shape index (κ3) is 7.19. The van der Waals surface area contributed by atoms with Crippen molar-refractivity contribution in [2.45, 2.75) is 71.8 Å². The van der Waals surface area contributed by atoms with Gasteiger partial charge in [0, 0.05) is 5.70 Å². The van der Waals surface area contributed by atoms with Gasteiger partial charge >= 0.3 is 12.0 Å². The number of methoxy groups -OCH3 is 1. The molecule has 7 heteroatoms. The first-order valence-corrected chi connectivity index (χ1v) is 11.3. The van der Waals surface area contributed by atoms with E-state index in [0.29, 0.717) is 29.4 Å². The Bertz CT molecular complexity index is 775. The number of ether oxygens (including phenoxy) is 3. The molecule has 0 bridgehead atoms. The molecule has 0 aliphatic carbocycles. The van der Waals surface area contributed by atoms with E-state index in [1.807, 2.05) is 12.1 Å². The van der Waals surface area contributed by atoms with Crippen molar-refractivity contribution in [2.24, 2.45) is 0 Å². The molecule has 0 saturated heterocycles. The number of esters is 1. The minimum Gasteiger partial charge on any atom is -0.493 e. The fourth-order valence-electron chi connectivity index (χ4n) is 3.65. The summed E-state index contributed by atoms with van der Waals surface area (Å²) >= 11 is 0. The van der Waals surface area contributed by atoms with Crippen LogP contribution in [0.3, 0.4) is 0 Å². The quantitative estimate of drug-likeness (QED) is 0.338. The van der Waals surface area contributed by atoms with Gasteiger partial charge in [-0.25, -0.2) is 9.59 Å². The van der Waals surface area contributed by atoms with Crippen LogP contribution < -0.4 is 20.1 Å². The minimum atomic E-state index is -0.626. The second-order valence-electron chi connectivity index (χ2n) is 7.67. The number of urea groups is 1. The van der Waals surface area contributed by atoms with Gasteiger partial charge in [-0.3, -0.25) is 0 Å². The van der Waals surface area contributed by atoms with Gasteiger partial charge in [-0.2, -0.15) is 0 Å². The molecule has 2 N–H and O–H groups in total. The molecule has 31 heavy (non-hydrogen) atoms. The number of hydrogen-bond acceptors (Lipinski definition) is 5. The first-order chi connectivity index (χ1) is 15.0. The Morgan fingerprint density at radius 3 is 2.42 bits per heavy atom. The highest BCUT2D eigenvalue weighted by Crippen LogP contribution is 2.34. The van der Waals surface area contributed by atoms with Crippen molar-refractivity contribution in [1.29, 1.82) is 0 Å². The van der Waals surface area contributed by atoms with Crippen LogP contribution in [0.25, 0.3) is 0 Å². The highest BCUT2D eigenvalue weighted by Gasteiger charge is 2.32. The van der Waals surface area contributed by atoms with E-state index in [2.05, 4.69) is 17.6 Å². The Labute approximate surface area is 185 Å². The molecule has 1 aliphatic rings. The van der Waals surface area contributed by atoms with Gasteiger partial charge in [-0.15, -0.1) is 0 Å². The molecule has 0 fully saturated rings. The number of unbranched alkanes of at least 4 members (excludes halogenated alkanes) is 6. The van der Waals surface area contributed by atoms with E-state index in [-0.39, 0.29) is 12.6 Å². The van der Waals surface area contributed by atoms with E-state index in [1.54, 1.807) is 27.0 Å². The van der Waals surface area contributed by atoms with E-state index in [1.165, 1.54) is 32.1 Å². The maximum atomic E-state index is 12.5. The molecule has 1 aliphatic heterocycles. The Morgan fingerprint density at radius 2 is 1.74 bits per heavy atom. The molecular weight excluding hydrogens is 396 g/mol. The van der Waals surface area contributed by atoms with Crippen LogP contribution in [0, 0.1) is 0 Å². The van der Waals surface area contributed by atoms with Gasteiger partial charge in [-0.1, -0.05) is 51.5 Å². The summed E-state index contributed by atoms with van der Waals surface area (Å²) in [5, 5.41) is 5.44. The maximum Gasteiger partial charge on any atom is 0.338 e. The second-order valence-corrected chi connectivity index (χ2v) is 7.67. The predicted octanol–water partition coefficient (Wildman–Crippen LogP) is 5.02. The van der Waals surface area contributed by atoms with Gasteiger partial charge in [0.05, 0.1) is 31.9 Å². The topological polar surface area (TPSA) is 85.9 Å². The van der Waals surface area contributed by atoms with Crippen molar-refractivity contribution >= 4 is 12.0 Å². The lowest BCUT2D eigenvalue weighted by Crippen LogP contribution is -2.45. The summed E-state index contributed by atoms with van der Waals surface area (Å²) in [6.07, 6.45) is 8.54. The normalized spacial score (nSPS) is 15.9. The average Bonchev–Trinajstić information content (AvgIpc) is 2.75. The van der Waals surface area contributed by atoms with Crippen molar-refractivity contribution in [3.05, 3.63) is 35.0 Å². The lowest BCUT2D eigenvalue weighted by atomic mass is 9.95. The molecule has 0 saturated carbocycles. The predicted molar refractivity (Wildman–Crippen MR) is 120 cm³/mol. The fraction of sp³-hybridized carbons (Fsp3) is 0.583. The molecule has 1 aromatic carbocycles. The van der Waals surface area contributed by atoms with Gasteiger partial charge in [0.25, 0.3) is 0 Å². The lowest BCUT2D eigenvalue weighted by molar-refractivity contribution is -0.139. The molecule has 1 aromatic rings. The van der Waals surface area contributed by atoms with Crippen LogP contribution in [0.1, 0.15) is 77.3 Å². The van der Waals surface area contributed by atoms with Crippen molar-refractivity contribution in [3.8, 4) is 11.5 Å². The molecule has 172 valence electrons. The summed E-state index contributed by atoms with van der Waals surface area (Å²) in [6.45, 7) is 6.54. The molecule has 0 radical (unpaired) electrons. The molecular formula is C24H36N2O5. The summed E-state index contributed by atoms with van der Waals surface area (Å²) < 4.78 is 16.6. The second kappa shape index (κ2) is 12.9. The lowest BCUT2D eigenvalue weighted by Gasteiger charge is -2.28. The highest BCUT2D eigenvalue weighted by atomic mass is 16.5. The third-order valence-electron chi connectivity index (χ3n) is 5.29. The molecule has 2 amide bonds. The molecule has 1 heterocycles. The van der Waals surface area contributed by atoms with E-state index < -0.39 is 12.0 Å². The first kappa shape index (κ1) is 24.6. The highest BCUT2D eigenvalue weighted by molar-refractivity contribution is 5.95. The van der Waals surface area contributed by atoms with Crippen LogP contribution in [0.2, 0.25) is 0 Å². The van der Waals surface area contributed by atoms with Gasteiger partial charge < -0.3 is 24.8 Å². The smallest absolute Gasteiger partial charge is 0.338 e. The summed E-state index contributed by atoms with van der Waals surface area (Å²) in [4.78, 5) is 24.5. The average molecular weight is 433 g/mol. The molecule has 0 spiro atoms. The number of nitrogens with one attached hydrogen (secondary N) is 2. The number of carbonyl (C=O) groups excluding carboxylic acids is 2. The SMILES string of the molecule is CCCCCCCCCOc1ccc(C2NC(=O)NC(C)=C2C(=O)OCC)cc1OC. The Morgan fingerprint density at radius 1 is 1.03 bits per heavy atom. The van der Waals surface area contributed by atoms with Gasteiger partial charge in [-0.05, 0) is 38.0 Å². The van der Waals surface area contributed by atoms with Crippen LogP contribution >= 0.6 is 0 Å². The molecule has 1 unspecified atom stereocenters. The summed E-state index contributed by atoms with van der Waals surface area (Å²) in [5.41, 5.74) is 1.57. The standard InChI is InChI=1S/C24H36N2O5/c1-5-7-8-9-10-11-12-15-31-19-14-13-18(16-20(19)29-4)22-21(23(27)30-6-2)17(3)25-24(28)26-22/h13-14,16,22H,5-12,15H2,1-4H3,(H2,25,26,28). The Kier molecular flexibility index (Phi) is 10.2. The van der Waals surface area contributed by atoms with Crippen LogP contribution in [-0.2, 0) is 9.53 Å². The van der Waals surface area contributed by atoms with Crippen LogP contribution in [0.4, 0.5) is 4.79 Å². The van der Waals surface area contributed by atoms with E-state index in [9.17, 15) is 9.59 Å². The summed E-state index contributed by atoms with van der Waals surface area (Å²) in [5.74, 6) is 0.751. The number of allylic oxidation sites excluding steroid dienone is 1. The third-order valence-corrected chi connectivity index (χ3v) is 5.29. The van der Waals surface area contributed by atoms with Crippen molar-refractivity contribution < 1.29 is 23.8 Å². The van der Waals surface area contributed by atoms with E-state index >= 15 is 0 Å².